The van der Waals surface area contributed by atoms with Crippen molar-refractivity contribution in [1.82, 2.24) is 14.3 Å². The molecule has 0 aliphatic carbocycles. The second-order valence-electron chi connectivity index (χ2n) is 9.16. The maximum atomic E-state index is 13.2. The number of H-pyrrole nitrogens is 1. The summed E-state index contributed by atoms with van der Waals surface area (Å²) in [6, 6.07) is 20.6. The third-order valence-electron chi connectivity index (χ3n) is 6.23. The molecule has 0 saturated heterocycles. The molecule has 0 atom stereocenters. The molecule has 0 bridgehead atoms. The Labute approximate surface area is 216 Å². The highest BCUT2D eigenvalue weighted by Gasteiger charge is 2.20. The second kappa shape index (κ2) is 15.5. The smallest absolute Gasteiger partial charge is 0.232 e. The molecule has 1 aromatic heterocycles. The lowest BCUT2D eigenvalue weighted by Gasteiger charge is -2.20. The van der Waals surface area contributed by atoms with Gasteiger partial charge in [0.1, 0.15) is 0 Å². The molecule has 0 aliphatic rings. The quantitative estimate of drug-likeness (QED) is 0.161. The van der Waals surface area contributed by atoms with Crippen LogP contribution in [0.5, 0.6) is 0 Å². The Bertz CT molecular complexity index is 930. The minimum absolute atomic E-state index is 0.223. The molecule has 0 radical (unpaired) electrons. The molecule has 1 N–H and O–H groups in total. The predicted molar refractivity (Wildman–Crippen MR) is 149 cm³/mol. The number of nitrogens with zero attached hydrogens (tertiary/aromatic N) is 2. The summed E-state index contributed by atoms with van der Waals surface area (Å²) in [4.78, 5) is 21.7. The highest BCUT2D eigenvalue weighted by molar-refractivity contribution is 7.97. The number of nitrogens with one attached hydrogen (secondary N) is 1. The van der Waals surface area contributed by atoms with Crippen LogP contribution in [-0.4, -0.2) is 26.7 Å². The number of benzene rings is 2. The molecule has 0 saturated carbocycles. The lowest BCUT2D eigenvalue weighted by Crippen LogP contribution is -2.25. The molecule has 0 fully saturated rings. The number of rotatable bonds is 16. The van der Waals surface area contributed by atoms with Crippen LogP contribution < -0.4 is 0 Å². The van der Waals surface area contributed by atoms with Crippen molar-refractivity contribution >= 4 is 17.9 Å². The summed E-state index contributed by atoms with van der Waals surface area (Å²) in [5, 5.41) is 0.774. The minimum Gasteiger partial charge on any atom is -0.331 e. The second-order valence-corrected chi connectivity index (χ2v) is 10.2. The van der Waals surface area contributed by atoms with Gasteiger partial charge in [-0.2, -0.15) is 0 Å². The van der Waals surface area contributed by atoms with Gasteiger partial charge in [0.15, 0.2) is 5.16 Å². The summed E-state index contributed by atoms with van der Waals surface area (Å²) in [7, 11) is 0. The summed E-state index contributed by atoms with van der Waals surface area (Å²) in [5.74, 6) is 0.223. The maximum absolute atomic E-state index is 13.2. The van der Waals surface area contributed by atoms with E-state index in [2.05, 4.69) is 43.1 Å². The van der Waals surface area contributed by atoms with Gasteiger partial charge in [0.25, 0.3) is 0 Å². The Kier molecular flexibility index (Phi) is 12.0. The number of carbonyl (C=O) groups is 1. The van der Waals surface area contributed by atoms with Gasteiger partial charge >= 0.3 is 0 Å². The molecule has 2 aromatic carbocycles. The summed E-state index contributed by atoms with van der Waals surface area (Å²) in [6.07, 6.45) is 12.3. The largest absolute Gasteiger partial charge is 0.331 e. The Hall–Kier alpha value is -2.53. The Morgan fingerprint density at radius 1 is 0.771 bits per heavy atom. The van der Waals surface area contributed by atoms with E-state index in [1.807, 2.05) is 40.7 Å². The van der Waals surface area contributed by atoms with Crippen molar-refractivity contribution in [2.75, 3.05) is 6.54 Å². The van der Waals surface area contributed by atoms with Crippen LogP contribution in [0.3, 0.4) is 0 Å². The monoisotopic (exact) mass is 491 g/mol. The van der Waals surface area contributed by atoms with Gasteiger partial charge in [-0.1, -0.05) is 126 Å². The molecule has 0 unspecified atom stereocenters. The van der Waals surface area contributed by atoms with Crippen LogP contribution in [0.4, 0.5) is 0 Å². The van der Waals surface area contributed by atoms with Crippen molar-refractivity contribution in [2.24, 2.45) is 0 Å². The minimum atomic E-state index is 0.223. The molecular formula is C30H41N3OS. The number of aromatic nitrogens is 2. The molecule has 0 spiro atoms. The maximum Gasteiger partial charge on any atom is 0.232 e. The zero-order valence-electron chi connectivity index (χ0n) is 21.5. The fourth-order valence-corrected chi connectivity index (χ4v) is 5.10. The Morgan fingerprint density at radius 2 is 1.34 bits per heavy atom. The number of carbonyl (C=O) groups excluding carboxylic acids is 1. The fraction of sp³-hybridized carbons (Fsp3) is 0.467. The molecular weight excluding hydrogens is 450 g/mol. The van der Waals surface area contributed by atoms with Crippen molar-refractivity contribution in [2.45, 2.75) is 89.6 Å². The first-order valence-electron chi connectivity index (χ1n) is 13.4. The van der Waals surface area contributed by atoms with Crippen LogP contribution in [-0.2, 0) is 4.79 Å². The van der Waals surface area contributed by atoms with Gasteiger partial charge in [-0.15, -0.1) is 0 Å². The van der Waals surface area contributed by atoms with Gasteiger partial charge in [-0.05, 0) is 12.8 Å². The van der Waals surface area contributed by atoms with Crippen molar-refractivity contribution in [3.63, 3.8) is 0 Å². The van der Waals surface area contributed by atoms with Crippen LogP contribution >= 0.6 is 11.9 Å². The number of aromatic amines is 1. The average molecular weight is 492 g/mol. The zero-order chi connectivity index (χ0) is 24.7. The number of hydrogen-bond acceptors (Lipinski definition) is 3. The van der Waals surface area contributed by atoms with Gasteiger partial charge < -0.3 is 4.98 Å². The van der Waals surface area contributed by atoms with Crippen LogP contribution in [0.2, 0.25) is 0 Å². The van der Waals surface area contributed by atoms with E-state index >= 15 is 0 Å². The molecule has 1 amide bonds. The average Bonchev–Trinajstić information content (AvgIpc) is 3.32. The summed E-state index contributed by atoms with van der Waals surface area (Å²) < 4.78 is 1.95. The number of imidazole rings is 1. The summed E-state index contributed by atoms with van der Waals surface area (Å²) in [5.41, 5.74) is 4.09. The molecule has 5 heteroatoms. The Morgan fingerprint density at radius 3 is 1.97 bits per heavy atom. The fourth-order valence-electron chi connectivity index (χ4n) is 4.20. The van der Waals surface area contributed by atoms with E-state index in [1.54, 1.807) is 0 Å². The van der Waals surface area contributed by atoms with Crippen molar-refractivity contribution < 1.29 is 4.79 Å². The van der Waals surface area contributed by atoms with Crippen LogP contribution in [0.1, 0.15) is 84.5 Å². The van der Waals surface area contributed by atoms with Crippen LogP contribution in [0.25, 0.3) is 22.5 Å². The van der Waals surface area contributed by atoms with Gasteiger partial charge in [-0.25, -0.2) is 4.98 Å². The number of hydrogen-bond donors (Lipinski definition) is 1. The van der Waals surface area contributed by atoms with Gasteiger partial charge in [-0.3, -0.25) is 9.10 Å². The molecule has 1 heterocycles. The molecule has 188 valence electrons. The van der Waals surface area contributed by atoms with Gasteiger partial charge in [0.2, 0.25) is 5.91 Å². The van der Waals surface area contributed by atoms with Crippen molar-refractivity contribution in [3.8, 4) is 22.5 Å². The van der Waals surface area contributed by atoms with E-state index in [0.29, 0.717) is 6.42 Å². The van der Waals surface area contributed by atoms with Gasteiger partial charge in [0, 0.05) is 36.0 Å². The molecule has 3 rings (SSSR count). The van der Waals surface area contributed by atoms with Gasteiger partial charge in [0.05, 0.1) is 11.4 Å². The lowest BCUT2D eigenvalue weighted by molar-refractivity contribution is -0.126. The number of unbranched alkanes of at least 4 members (excludes halogenated alkanes) is 8. The molecule has 35 heavy (non-hydrogen) atoms. The van der Waals surface area contributed by atoms with Crippen molar-refractivity contribution in [3.05, 3.63) is 60.7 Å². The third-order valence-corrected chi connectivity index (χ3v) is 7.20. The molecule has 3 aromatic rings. The van der Waals surface area contributed by atoms with E-state index in [9.17, 15) is 4.79 Å². The SMILES string of the molecule is CCCCCCCC(=O)N(CCCCCCC)Sc1nc(-c2ccccc2)c(-c2ccccc2)[nH]1. The zero-order valence-corrected chi connectivity index (χ0v) is 22.3. The highest BCUT2D eigenvalue weighted by Crippen LogP contribution is 2.34. The van der Waals surface area contributed by atoms with E-state index in [0.717, 1.165) is 59.9 Å². The molecule has 4 nitrogen and oxygen atoms in total. The van der Waals surface area contributed by atoms with Crippen LogP contribution in [0, 0.1) is 0 Å². The summed E-state index contributed by atoms with van der Waals surface area (Å²) in [6.45, 7) is 5.22. The molecule has 0 aliphatic heterocycles. The number of amides is 1. The van der Waals surface area contributed by atoms with Crippen LogP contribution in [0.15, 0.2) is 65.8 Å². The predicted octanol–water partition coefficient (Wildman–Crippen LogP) is 8.91. The standard InChI is InChI=1S/C30H41N3OS/c1-3-5-7-9-17-23-27(34)33(24-18-10-8-6-4-2)35-30-31-28(25-19-13-11-14-20-25)29(32-30)26-21-15-12-16-22-26/h11-16,19-22H,3-10,17-18,23-24H2,1-2H3,(H,31,32). The first-order valence-corrected chi connectivity index (χ1v) is 14.2. The van der Waals surface area contributed by atoms with E-state index in [-0.39, 0.29) is 5.91 Å². The van der Waals surface area contributed by atoms with Crippen molar-refractivity contribution in [1.29, 1.82) is 0 Å². The normalized spacial score (nSPS) is 11.0. The topological polar surface area (TPSA) is 49.0 Å². The summed E-state index contributed by atoms with van der Waals surface area (Å²) >= 11 is 1.47. The third kappa shape index (κ3) is 8.88. The first kappa shape index (κ1) is 27.1. The van der Waals surface area contributed by atoms with E-state index in [4.69, 9.17) is 4.98 Å². The first-order chi connectivity index (χ1) is 17.2. The highest BCUT2D eigenvalue weighted by atomic mass is 32.2. The lowest BCUT2D eigenvalue weighted by atomic mass is 10.1. The van der Waals surface area contributed by atoms with E-state index in [1.165, 1.54) is 50.5 Å². The van der Waals surface area contributed by atoms with E-state index < -0.39 is 0 Å². The Balaban J connectivity index is 1.77.